The molecule has 0 radical (unpaired) electrons. The van der Waals surface area contributed by atoms with Crippen LogP contribution in [0.25, 0.3) is 0 Å². The normalized spacial score (nSPS) is 33.0. The highest BCUT2D eigenvalue weighted by Gasteiger charge is 2.24. The third kappa shape index (κ3) is 4.06. The molecule has 1 aliphatic rings. The van der Waals surface area contributed by atoms with Crippen molar-refractivity contribution in [3.05, 3.63) is 0 Å². The van der Waals surface area contributed by atoms with Crippen LogP contribution in [0.1, 0.15) is 47.0 Å². The first kappa shape index (κ1) is 14.0. The highest BCUT2D eigenvalue weighted by molar-refractivity contribution is 4.81. The van der Waals surface area contributed by atoms with Crippen LogP contribution in [0.4, 0.5) is 0 Å². The van der Waals surface area contributed by atoms with Gasteiger partial charge in [0.15, 0.2) is 0 Å². The fourth-order valence-electron chi connectivity index (χ4n) is 2.64. The Bertz CT molecular complexity index is 191. The number of hydrogen-bond donors (Lipinski definition) is 2. The summed E-state index contributed by atoms with van der Waals surface area (Å²) in [4.78, 5) is 0. The van der Waals surface area contributed by atoms with E-state index >= 15 is 0 Å². The Morgan fingerprint density at radius 3 is 2.38 bits per heavy atom. The van der Waals surface area contributed by atoms with Crippen molar-refractivity contribution in [2.75, 3.05) is 13.1 Å². The van der Waals surface area contributed by atoms with Gasteiger partial charge in [-0.25, -0.2) is 0 Å². The van der Waals surface area contributed by atoms with Gasteiger partial charge in [0, 0.05) is 6.04 Å². The molecule has 0 bridgehead atoms. The molecule has 96 valence electrons. The van der Waals surface area contributed by atoms with E-state index in [1.165, 1.54) is 19.3 Å². The summed E-state index contributed by atoms with van der Waals surface area (Å²) in [6.45, 7) is 11.2. The molecule has 0 amide bonds. The van der Waals surface area contributed by atoms with Gasteiger partial charge in [-0.15, -0.1) is 0 Å². The zero-order valence-electron chi connectivity index (χ0n) is 11.5. The lowest BCUT2D eigenvalue weighted by Crippen LogP contribution is -2.41. The molecule has 0 heterocycles. The molecule has 0 aromatic carbocycles. The molecule has 1 saturated carbocycles. The molecule has 1 rings (SSSR count). The van der Waals surface area contributed by atoms with E-state index in [0.29, 0.717) is 11.8 Å². The van der Waals surface area contributed by atoms with Crippen LogP contribution in [0.5, 0.6) is 0 Å². The minimum atomic E-state index is 0.634. The van der Waals surface area contributed by atoms with E-state index in [-0.39, 0.29) is 0 Å². The molecule has 4 atom stereocenters. The molecule has 0 spiro atoms. The van der Waals surface area contributed by atoms with Gasteiger partial charge in [0.2, 0.25) is 0 Å². The smallest absolute Gasteiger partial charge is 0.00699 e. The quantitative estimate of drug-likeness (QED) is 0.756. The summed E-state index contributed by atoms with van der Waals surface area (Å²) in [5, 5.41) is 3.72. The number of hydrogen-bond acceptors (Lipinski definition) is 2. The number of rotatable bonds is 5. The van der Waals surface area contributed by atoms with Crippen molar-refractivity contribution >= 4 is 0 Å². The van der Waals surface area contributed by atoms with Gasteiger partial charge in [-0.3, -0.25) is 0 Å². The average Bonchev–Trinajstić information content (AvgIpc) is 2.23. The van der Waals surface area contributed by atoms with Crippen LogP contribution >= 0.6 is 0 Å². The van der Waals surface area contributed by atoms with Crippen LogP contribution < -0.4 is 11.1 Å². The van der Waals surface area contributed by atoms with E-state index in [4.69, 9.17) is 5.73 Å². The number of nitrogens with two attached hydrogens (primary N) is 1. The van der Waals surface area contributed by atoms with Crippen LogP contribution in [0.15, 0.2) is 0 Å². The first-order valence-corrected chi connectivity index (χ1v) is 6.98. The predicted octanol–water partition coefficient (Wildman–Crippen LogP) is 2.63. The van der Waals surface area contributed by atoms with Gasteiger partial charge in [0.05, 0.1) is 0 Å². The van der Waals surface area contributed by atoms with E-state index in [9.17, 15) is 0 Å². The molecule has 2 heteroatoms. The molecule has 2 nitrogen and oxygen atoms in total. The molecule has 1 fully saturated rings. The molecule has 0 aromatic heterocycles. The van der Waals surface area contributed by atoms with Crippen LogP contribution in [0.3, 0.4) is 0 Å². The molecule has 4 unspecified atom stereocenters. The van der Waals surface area contributed by atoms with Crippen LogP contribution in [0.2, 0.25) is 0 Å². The SMILES string of the molecule is CC(C)C(CN)CNC1CCC(C)C(C)C1. The summed E-state index contributed by atoms with van der Waals surface area (Å²) >= 11 is 0. The first-order valence-electron chi connectivity index (χ1n) is 6.98. The summed E-state index contributed by atoms with van der Waals surface area (Å²) in [5.41, 5.74) is 5.80. The Hall–Kier alpha value is -0.0800. The van der Waals surface area contributed by atoms with Crippen molar-refractivity contribution in [1.82, 2.24) is 5.32 Å². The van der Waals surface area contributed by atoms with E-state index < -0.39 is 0 Å². The van der Waals surface area contributed by atoms with Gasteiger partial charge in [-0.1, -0.05) is 27.7 Å². The molecular formula is C14H30N2. The van der Waals surface area contributed by atoms with E-state index in [1.54, 1.807) is 0 Å². The molecule has 0 aliphatic heterocycles. The van der Waals surface area contributed by atoms with E-state index in [2.05, 4.69) is 33.0 Å². The molecule has 0 aromatic rings. The lowest BCUT2D eigenvalue weighted by Gasteiger charge is -2.34. The Morgan fingerprint density at radius 1 is 1.19 bits per heavy atom. The lowest BCUT2D eigenvalue weighted by molar-refractivity contribution is 0.215. The van der Waals surface area contributed by atoms with Crippen molar-refractivity contribution in [3.8, 4) is 0 Å². The van der Waals surface area contributed by atoms with Gasteiger partial charge in [0.25, 0.3) is 0 Å². The fraction of sp³-hybridized carbons (Fsp3) is 1.00. The van der Waals surface area contributed by atoms with Gasteiger partial charge in [-0.05, 0) is 56.0 Å². The lowest BCUT2D eigenvalue weighted by atomic mass is 9.79. The van der Waals surface area contributed by atoms with E-state index in [1.807, 2.05) is 0 Å². The topological polar surface area (TPSA) is 38.0 Å². The van der Waals surface area contributed by atoms with Gasteiger partial charge in [0.1, 0.15) is 0 Å². The Morgan fingerprint density at radius 2 is 1.88 bits per heavy atom. The second-order valence-corrected chi connectivity index (χ2v) is 6.11. The maximum Gasteiger partial charge on any atom is 0.00699 e. The maximum atomic E-state index is 5.80. The highest BCUT2D eigenvalue weighted by atomic mass is 14.9. The minimum Gasteiger partial charge on any atom is -0.330 e. The molecule has 16 heavy (non-hydrogen) atoms. The first-order chi connectivity index (χ1) is 7.54. The van der Waals surface area contributed by atoms with Gasteiger partial charge < -0.3 is 11.1 Å². The van der Waals surface area contributed by atoms with Gasteiger partial charge >= 0.3 is 0 Å². The third-order valence-corrected chi connectivity index (χ3v) is 4.51. The monoisotopic (exact) mass is 226 g/mol. The standard InChI is InChI=1S/C14H30N2/c1-10(2)13(8-15)9-16-14-6-5-11(3)12(4)7-14/h10-14,16H,5-9,15H2,1-4H3. The Kier molecular flexibility index (Phi) is 5.77. The summed E-state index contributed by atoms with van der Waals surface area (Å²) in [7, 11) is 0. The summed E-state index contributed by atoms with van der Waals surface area (Å²) in [6.07, 6.45) is 4.07. The van der Waals surface area contributed by atoms with Gasteiger partial charge in [-0.2, -0.15) is 0 Å². The van der Waals surface area contributed by atoms with Crippen molar-refractivity contribution in [1.29, 1.82) is 0 Å². The summed E-state index contributed by atoms with van der Waals surface area (Å²) < 4.78 is 0. The minimum absolute atomic E-state index is 0.634. The van der Waals surface area contributed by atoms with Crippen molar-refractivity contribution in [2.24, 2.45) is 29.4 Å². The molecule has 0 saturated heterocycles. The third-order valence-electron chi connectivity index (χ3n) is 4.51. The van der Waals surface area contributed by atoms with Crippen molar-refractivity contribution in [2.45, 2.75) is 53.0 Å². The number of nitrogens with one attached hydrogen (secondary N) is 1. The Labute approximate surface area is 101 Å². The molecule has 3 N–H and O–H groups in total. The fourth-order valence-corrected chi connectivity index (χ4v) is 2.64. The summed E-state index contributed by atoms with van der Waals surface area (Å²) in [5.74, 6) is 3.11. The second kappa shape index (κ2) is 6.61. The zero-order valence-corrected chi connectivity index (χ0v) is 11.5. The van der Waals surface area contributed by atoms with Crippen LogP contribution in [0, 0.1) is 23.7 Å². The highest BCUT2D eigenvalue weighted by Crippen LogP contribution is 2.29. The Balaban J connectivity index is 2.27. The second-order valence-electron chi connectivity index (χ2n) is 6.11. The summed E-state index contributed by atoms with van der Waals surface area (Å²) in [6, 6.07) is 0.735. The average molecular weight is 226 g/mol. The van der Waals surface area contributed by atoms with Crippen molar-refractivity contribution < 1.29 is 0 Å². The predicted molar refractivity (Wildman–Crippen MR) is 71.4 cm³/mol. The van der Waals surface area contributed by atoms with E-state index in [0.717, 1.165) is 31.0 Å². The van der Waals surface area contributed by atoms with Crippen LogP contribution in [-0.2, 0) is 0 Å². The zero-order chi connectivity index (χ0) is 12.1. The van der Waals surface area contributed by atoms with Crippen molar-refractivity contribution in [3.63, 3.8) is 0 Å². The molecule has 1 aliphatic carbocycles. The molecular weight excluding hydrogens is 196 g/mol. The maximum absolute atomic E-state index is 5.80. The van der Waals surface area contributed by atoms with Crippen LogP contribution in [-0.4, -0.2) is 19.1 Å². The largest absolute Gasteiger partial charge is 0.330 e.